The number of rotatable bonds is 3. The van der Waals surface area contributed by atoms with E-state index >= 15 is 0 Å². The molecule has 6 heteroatoms. The second kappa shape index (κ2) is 4.53. The molecule has 1 heterocycles. The summed E-state index contributed by atoms with van der Waals surface area (Å²) in [7, 11) is -1.97. The first kappa shape index (κ1) is 12.8. The standard InChI is InChI=1S/C12H12O5S/c1-17-12(14)7-10(13)8-2-3-11-9(6-8)4-5-18(11,15)16/h2-3,6H,4-5,7H2,1H3. The second-order valence-electron chi connectivity index (χ2n) is 4.07. The predicted molar refractivity (Wildman–Crippen MR) is 63.2 cm³/mol. The van der Waals surface area contributed by atoms with Gasteiger partial charge >= 0.3 is 5.97 Å². The summed E-state index contributed by atoms with van der Waals surface area (Å²) in [5.41, 5.74) is 0.988. The van der Waals surface area contributed by atoms with Gasteiger partial charge in [0, 0.05) is 5.56 Å². The number of carbonyl (C=O) groups is 2. The molecule has 0 aliphatic carbocycles. The van der Waals surface area contributed by atoms with Gasteiger partial charge in [0.2, 0.25) is 0 Å². The van der Waals surface area contributed by atoms with Crippen molar-refractivity contribution in [2.24, 2.45) is 0 Å². The third-order valence-electron chi connectivity index (χ3n) is 2.89. The van der Waals surface area contributed by atoms with E-state index in [4.69, 9.17) is 0 Å². The lowest BCUT2D eigenvalue weighted by Crippen LogP contribution is -2.09. The molecule has 1 aliphatic rings. The van der Waals surface area contributed by atoms with Gasteiger partial charge in [-0.2, -0.15) is 0 Å². The van der Waals surface area contributed by atoms with Gasteiger partial charge in [-0.25, -0.2) is 8.42 Å². The van der Waals surface area contributed by atoms with Crippen molar-refractivity contribution in [3.63, 3.8) is 0 Å². The second-order valence-corrected chi connectivity index (χ2v) is 6.15. The number of esters is 1. The highest BCUT2D eigenvalue weighted by Crippen LogP contribution is 2.26. The number of methoxy groups -OCH3 is 1. The van der Waals surface area contributed by atoms with Crippen molar-refractivity contribution in [3.05, 3.63) is 29.3 Å². The van der Waals surface area contributed by atoms with Gasteiger partial charge in [-0.15, -0.1) is 0 Å². The number of Topliss-reactive ketones (excluding diaryl/α,β-unsaturated/α-hetero) is 1. The molecule has 96 valence electrons. The number of hydrogen-bond acceptors (Lipinski definition) is 5. The molecule has 0 radical (unpaired) electrons. The molecule has 0 amide bonds. The maximum absolute atomic E-state index is 11.7. The van der Waals surface area contributed by atoms with Crippen LogP contribution < -0.4 is 0 Å². The van der Waals surface area contributed by atoms with Crippen molar-refractivity contribution in [2.45, 2.75) is 17.7 Å². The average molecular weight is 268 g/mol. The number of benzene rings is 1. The lowest BCUT2D eigenvalue weighted by Gasteiger charge is -2.03. The minimum atomic E-state index is -3.18. The Bertz CT molecular complexity index is 615. The van der Waals surface area contributed by atoms with E-state index in [2.05, 4.69) is 4.74 Å². The van der Waals surface area contributed by atoms with Crippen LogP contribution in [-0.4, -0.2) is 33.0 Å². The lowest BCUT2D eigenvalue weighted by atomic mass is 10.0. The fourth-order valence-electron chi connectivity index (χ4n) is 1.91. The summed E-state index contributed by atoms with van der Waals surface area (Å²) in [5.74, 6) is -0.890. The van der Waals surface area contributed by atoms with Crippen LogP contribution in [0.5, 0.6) is 0 Å². The Hall–Kier alpha value is -1.69. The summed E-state index contributed by atoms with van der Waals surface area (Å²) in [4.78, 5) is 23.0. The maximum Gasteiger partial charge on any atom is 0.313 e. The van der Waals surface area contributed by atoms with Crippen LogP contribution in [0.3, 0.4) is 0 Å². The van der Waals surface area contributed by atoms with Crippen LogP contribution in [0.15, 0.2) is 23.1 Å². The molecule has 0 bridgehead atoms. The Morgan fingerprint density at radius 1 is 1.33 bits per heavy atom. The van der Waals surface area contributed by atoms with E-state index < -0.39 is 15.8 Å². The Balaban J connectivity index is 2.29. The molecule has 2 rings (SSSR count). The van der Waals surface area contributed by atoms with Crippen molar-refractivity contribution in [1.82, 2.24) is 0 Å². The van der Waals surface area contributed by atoms with Crippen molar-refractivity contribution < 1.29 is 22.7 Å². The highest BCUT2D eigenvalue weighted by atomic mass is 32.2. The lowest BCUT2D eigenvalue weighted by molar-refractivity contribution is -0.139. The minimum Gasteiger partial charge on any atom is -0.469 e. The Morgan fingerprint density at radius 3 is 2.72 bits per heavy atom. The average Bonchev–Trinajstić information content (AvgIpc) is 2.65. The molecular formula is C12H12O5S. The SMILES string of the molecule is COC(=O)CC(=O)c1ccc2c(c1)CCS2(=O)=O. The van der Waals surface area contributed by atoms with E-state index in [9.17, 15) is 18.0 Å². The van der Waals surface area contributed by atoms with E-state index in [1.54, 1.807) is 6.07 Å². The third-order valence-corrected chi connectivity index (χ3v) is 4.70. The van der Waals surface area contributed by atoms with Crippen molar-refractivity contribution in [2.75, 3.05) is 12.9 Å². The topological polar surface area (TPSA) is 77.5 Å². The summed E-state index contributed by atoms with van der Waals surface area (Å²) >= 11 is 0. The maximum atomic E-state index is 11.7. The fraction of sp³-hybridized carbons (Fsp3) is 0.333. The summed E-state index contributed by atoms with van der Waals surface area (Å²) < 4.78 is 27.6. The molecular weight excluding hydrogens is 256 g/mol. The number of ketones is 1. The Labute approximate surface area is 105 Å². The first-order valence-electron chi connectivity index (χ1n) is 5.40. The van der Waals surface area contributed by atoms with Crippen molar-refractivity contribution in [1.29, 1.82) is 0 Å². The summed E-state index contributed by atoms with van der Waals surface area (Å²) in [6.07, 6.45) is 0.0824. The molecule has 0 atom stereocenters. The van der Waals surface area contributed by atoms with Crippen LogP contribution in [0.4, 0.5) is 0 Å². The van der Waals surface area contributed by atoms with Crippen LogP contribution in [0.1, 0.15) is 22.3 Å². The number of sulfone groups is 1. The highest BCUT2D eigenvalue weighted by molar-refractivity contribution is 7.91. The molecule has 1 aromatic rings. The Morgan fingerprint density at radius 2 is 2.06 bits per heavy atom. The summed E-state index contributed by atoms with van der Waals surface area (Å²) in [6.45, 7) is 0. The van der Waals surface area contributed by atoms with Crippen LogP contribution in [0, 0.1) is 0 Å². The Kier molecular flexibility index (Phi) is 3.21. The van der Waals surface area contributed by atoms with Gasteiger partial charge in [0.1, 0.15) is 6.42 Å². The van der Waals surface area contributed by atoms with E-state index in [0.717, 1.165) is 0 Å². The largest absolute Gasteiger partial charge is 0.469 e. The van der Waals surface area contributed by atoms with Gasteiger partial charge < -0.3 is 4.74 Å². The van der Waals surface area contributed by atoms with Crippen LogP contribution in [0.2, 0.25) is 0 Å². The molecule has 0 fully saturated rings. The molecule has 0 unspecified atom stereocenters. The molecule has 0 N–H and O–H groups in total. The zero-order chi connectivity index (χ0) is 13.3. The van der Waals surface area contributed by atoms with Gasteiger partial charge in [-0.05, 0) is 24.1 Å². The number of fused-ring (bicyclic) bond motifs is 1. The molecule has 0 spiro atoms. The van der Waals surface area contributed by atoms with Crippen LogP contribution in [0.25, 0.3) is 0 Å². The van der Waals surface area contributed by atoms with E-state index in [1.165, 1.54) is 19.2 Å². The van der Waals surface area contributed by atoms with Gasteiger partial charge in [-0.1, -0.05) is 6.07 Å². The van der Waals surface area contributed by atoms with E-state index in [1.807, 2.05) is 0 Å². The molecule has 0 saturated heterocycles. The van der Waals surface area contributed by atoms with Gasteiger partial charge in [0.25, 0.3) is 0 Å². The molecule has 0 saturated carbocycles. The summed E-state index contributed by atoms with van der Waals surface area (Å²) in [5, 5.41) is 0. The first-order chi connectivity index (χ1) is 8.44. The summed E-state index contributed by atoms with van der Waals surface area (Å²) in [6, 6.07) is 4.42. The third kappa shape index (κ3) is 2.28. The molecule has 1 aromatic carbocycles. The zero-order valence-electron chi connectivity index (χ0n) is 9.80. The predicted octanol–water partition coefficient (Wildman–Crippen LogP) is 0.762. The van der Waals surface area contributed by atoms with Gasteiger partial charge in [-0.3, -0.25) is 9.59 Å². The normalized spacial score (nSPS) is 16.1. The number of carbonyl (C=O) groups excluding carboxylic acids is 2. The van der Waals surface area contributed by atoms with Crippen LogP contribution in [-0.2, 0) is 25.8 Å². The van der Waals surface area contributed by atoms with E-state index in [-0.39, 0.29) is 22.9 Å². The quantitative estimate of drug-likeness (QED) is 0.459. The zero-order valence-corrected chi connectivity index (χ0v) is 10.6. The van der Waals surface area contributed by atoms with Gasteiger partial charge in [0.05, 0.1) is 17.8 Å². The van der Waals surface area contributed by atoms with Crippen molar-refractivity contribution in [3.8, 4) is 0 Å². The minimum absolute atomic E-state index is 0.0803. The van der Waals surface area contributed by atoms with Crippen molar-refractivity contribution >= 4 is 21.6 Å². The first-order valence-corrected chi connectivity index (χ1v) is 7.05. The molecule has 18 heavy (non-hydrogen) atoms. The molecule has 5 nitrogen and oxygen atoms in total. The van der Waals surface area contributed by atoms with E-state index in [0.29, 0.717) is 17.5 Å². The number of ether oxygens (including phenoxy) is 1. The van der Waals surface area contributed by atoms with Gasteiger partial charge in [0.15, 0.2) is 15.6 Å². The number of aryl methyl sites for hydroxylation is 1. The molecule has 1 aliphatic heterocycles. The monoisotopic (exact) mass is 268 g/mol. The van der Waals surface area contributed by atoms with Crippen LogP contribution >= 0.6 is 0 Å². The smallest absolute Gasteiger partial charge is 0.313 e. The fourth-order valence-corrected chi connectivity index (χ4v) is 3.46. The highest BCUT2D eigenvalue weighted by Gasteiger charge is 2.26. The molecule has 0 aromatic heterocycles. The number of hydrogen-bond donors (Lipinski definition) is 0.